The van der Waals surface area contributed by atoms with E-state index in [1.165, 1.54) is 114 Å². The predicted octanol–water partition coefficient (Wildman–Crippen LogP) is 16.9. The maximum absolute atomic E-state index is 4.87. The van der Waals surface area contributed by atoms with E-state index < -0.39 is 0 Å². The van der Waals surface area contributed by atoms with Gasteiger partial charge < -0.3 is 0 Å². The van der Waals surface area contributed by atoms with Gasteiger partial charge in [0.05, 0.1) is 5.52 Å². The fraction of sp³-hybridized carbons (Fsp3) is 0. The molecule has 0 saturated heterocycles. The molecule has 2 aromatic heterocycles. The third kappa shape index (κ3) is 6.20. The number of thiophene rings is 1. The third-order valence-electron chi connectivity index (χ3n) is 12.3. The van der Waals surface area contributed by atoms with E-state index in [1.807, 2.05) is 23.6 Å². The molecule has 0 amide bonds. The van der Waals surface area contributed by atoms with Crippen molar-refractivity contribution in [1.82, 2.24) is 4.98 Å². The largest absolute Gasteiger partial charge is 0.256 e. The number of benzene rings is 10. The lowest BCUT2D eigenvalue weighted by Gasteiger charge is -2.12. The topological polar surface area (TPSA) is 12.9 Å². The van der Waals surface area contributed by atoms with Gasteiger partial charge in [0, 0.05) is 37.1 Å². The Kier molecular flexibility index (Phi) is 8.43. The van der Waals surface area contributed by atoms with E-state index in [1.54, 1.807) is 0 Å². The Hall–Kier alpha value is -7.65. The zero-order valence-electron chi connectivity index (χ0n) is 33.2. The minimum atomic E-state index is 1.04. The van der Waals surface area contributed by atoms with Crippen molar-refractivity contribution in [2.45, 2.75) is 0 Å². The quantitative estimate of drug-likeness (QED) is 0.153. The monoisotopic (exact) mass is 791 g/mol. The molecule has 0 saturated carbocycles. The van der Waals surface area contributed by atoms with Gasteiger partial charge in [-0.05, 0) is 131 Å². The van der Waals surface area contributed by atoms with Crippen molar-refractivity contribution in [2.24, 2.45) is 0 Å². The van der Waals surface area contributed by atoms with E-state index in [0.29, 0.717) is 0 Å². The number of hydrogen-bond acceptors (Lipinski definition) is 2. The molecule has 0 atom stereocenters. The van der Waals surface area contributed by atoms with E-state index in [0.717, 1.165) is 5.52 Å². The van der Waals surface area contributed by atoms with Crippen molar-refractivity contribution in [3.05, 3.63) is 225 Å². The summed E-state index contributed by atoms with van der Waals surface area (Å²) in [5, 5.41) is 8.75. The van der Waals surface area contributed by atoms with Crippen LogP contribution in [-0.4, -0.2) is 4.98 Å². The van der Waals surface area contributed by atoms with Crippen molar-refractivity contribution in [1.29, 1.82) is 0 Å². The van der Waals surface area contributed by atoms with Gasteiger partial charge in [-0.2, -0.15) is 0 Å². The Morgan fingerprint density at radius 1 is 0.262 bits per heavy atom. The Morgan fingerprint density at radius 3 is 1.25 bits per heavy atom. The molecule has 0 spiro atoms. The molecule has 0 radical (unpaired) electrons. The number of aromatic nitrogens is 1. The average molecular weight is 792 g/mol. The SMILES string of the molecule is c1cc(-c2cccc(-c3cccc(-c4ccc5c6ccccc6c6cccnc6c5c4)c3)c2)cc(-c2cccc(-c3cccc(-c4cccc5c4sc4ccccc45)c3)c2)c1. The Balaban J connectivity index is 0.855. The van der Waals surface area contributed by atoms with Gasteiger partial charge >= 0.3 is 0 Å². The molecule has 2 heteroatoms. The summed E-state index contributed by atoms with van der Waals surface area (Å²) in [4.78, 5) is 4.87. The molecule has 2 heterocycles. The van der Waals surface area contributed by atoms with Gasteiger partial charge in [0.15, 0.2) is 0 Å². The molecule has 0 bridgehead atoms. The molecule has 0 N–H and O–H groups in total. The molecule has 1 nitrogen and oxygen atoms in total. The highest BCUT2D eigenvalue weighted by molar-refractivity contribution is 7.26. The molecule has 10 aromatic carbocycles. The molecule has 0 aliphatic rings. The second-order valence-electron chi connectivity index (χ2n) is 15.9. The number of hydrogen-bond donors (Lipinski definition) is 0. The van der Waals surface area contributed by atoms with E-state index in [2.05, 4.69) is 212 Å². The zero-order chi connectivity index (χ0) is 40.3. The second-order valence-corrected chi connectivity index (χ2v) is 16.9. The lowest BCUT2D eigenvalue weighted by atomic mass is 9.92. The summed E-state index contributed by atoms with van der Waals surface area (Å²) in [6, 6.07) is 79.9. The van der Waals surface area contributed by atoms with Gasteiger partial charge in [0.2, 0.25) is 0 Å². The number of nitrogens with zero attached hydrogens (tertiary/aromatic N) is 1. The van der Waals surface area contributed by atoms with Gasteiger partial charge in [0.25, 0.3) is 0 Å². The van der Waals surface area contributed by atoms with Gasteiger partial charge in [-0.15, -0.1) is 11.3 Å². The van der Waals surface area contributed by atoms with Crippen LogP contribution in [0.3, 0.4) is 0 Å². The highest BCUT2D eigenvalue weighted by Crippen LogP contribution is 2.42. The molecule has 61 heavy (non-hydrogen) atoms. The number of pyridine rings is 1. The lowest BCUT2D eigenvalue weighted by molar-refractivity contribution is 1.43. The standard InChI is InChI=1S/C59H37NS/c1-2-23-51-50(22-1)52-30-29-47(37-56(52)58-54(51)27-11-31-60-58)45-19-8-17-43(35-45)41-15-6-13-39(33-41)38-12-5-14-40(32-38)42-16-7-18-44(34-42)46-20-9-21-48(36-46)49-25-10-26-55-53-24-3-4-28-57(53)61-59(49)55/h1-37H. The highest BCUT2D eigenvalue weighted by atomic mass is 32.1. The van der Waals surface area contributed by atoms with Crippen LogP contribution in [0.1, 0.15) is 0 Å². The van der Waals surface area contributed by atoms with E-state index in [4.69, 9.17) is 4.98 Å². The molecule has 12 aromatic rings. The van der Waals surface area contributed by atoms with Crippen molar-refractivity contribution >= 4 is 64.0 Å². The van der Waals surface area contributed by atoms with Crippen LogP contribution in [0, 0.1) is 0 Å². The molecule has 0 aliphatic heterocycles. The van der Waals surface area contributed by atoms with Crippen molar-refractivity contribution in [3.63, 3.8) is 0 Å². The molecule has 0 aliphatic carbocycles. The first-order chi connectivity index (χ1) is 30.2. The molecule has 284 valence electrons. The maximum Gasteiger partial charge on any atom is 0.0786 e. The molecular formula is C59H37NS. The first-order valence-corrected chi connectivity index (χ1v) is 21.7. The van der Waals surface area contributed by atoms with E-state index in [-0.39, 0.29) is 0 Å². The second kappa shape index (κ2) is 14.6. The van der Waals surface area contributed by atoms with Gasteiger partial charge in [-0.25, -0.2) is 0 Å². The Morgan fingerprint density at radius 2 is 0.672 bits per heavy atom. The van der Waals surface area contributed by atoms with Crippen molar-refractivity contribution in [3.8, 4) is 66.8 Å². The minimum absolute atomic E-state index is 1.04. The highest BCUT2D eigenvalue weighted by Gasteiger charge is 2.14. The molecule has 0 unspecified atom stereocenters. The lowest BCUT2D eigenvalue weighted by Crippen LogP contribution is -1.87. The van der Waals surface area contributed by atoms with Gasteiger partial charge in [0.1, 0.15) is 0 Å². The summed E-state index contributed by atoms with van der Waals surface area (Å²) < 4.78 is 2.67. The normalized spacial score (nSPS) is 11.6. The Labute approximate surface area is 358 Å². The Bertz CT molecular complexity index is 3630. The molecule has 0 fully saturated rings. The molecule has 12 rings (SSSR count). The summed E-state index contributed by atoms with van der Waals surface area (Å²) in [6.07, 6.45) is 1.90. The van der Waals surface area contributed by atoms with Crippen LogP contribution in [0.5, 0.6) is 0 Å². The summed E-state index contributed by atoms with van der Waals surface area (Å²) >= 11 is 1.88. The average Bonchev–Trinajstić information content (AvgIpc) is 3.73. The first kappa shape index (κ1) is 35.3. The van der Waals surface area contributed by atoms with Crippen LogP contribution in [0.15, 0.2) is 225 Å². The van der Waals surface area contributed by atoms with Crippen molar-refractivity contribution in [2.75, 3.05) is 0 Å². The maximum atomic E-state index is 4.87. The fourth-order valence-electron chi connectivity index (χ4n) is 9.30. The van der Waals surface area contributed by atoms with Crippen LogP contribution in [0.2, 0.25) is 0 Å². The summed E-state index contributed by atoms with van der Waals surface area (Å²) in [5.41, 5.74) is 15.5. The van der Waals surface area contributed by atoms with Gasteiger partial charge in [-0.1, -0.05) is 170 Å². The minimum Gasteiger partial charge on any atom is -0.256 e. The summed E-state index contributed by atoms with van der Waals surface area (Å²) in [7, 11) is 0. The fourth-order valence-corrected chi connectivity index (χ4v) is 10.5. The molecular weight excluding hydrogens is 755 g/mol. The van der Waals surface area contributed by atoms with Crippen LogP contribution in [0.4, 0.5) is 0 Å². The van der Waals surface area contributed by atoms with E-state index >= 15 is 0 Å². The first-order valence-electron chi connectivity index (χ1n) is 20.8. The van der Waals surface area contributed by atoms with Crippen LogP contribution in [0.25, 0.3) is 119 Å². The van der Waals surface area contributed by atoms with Crippen LogP contribution >= 0.6 is 11.3 Å². The van der Waals surface area contributed by atoms with Gasteiger partial charge in [-0.3, -0.25) is 4.98 Å². The number of rotatable bonds is 6. The van der Waals surface area contributed by atoms with Crippen molar-refractivity contribution < 1.29 is 0 Å². The third-order valence-corrected chi connectivity index (χ3v) is 13.5. The number of fused-ring (bicyclic) bond motifs is 9. The summed E-state index contributed by atoms with van der Waals surface area (Å²) in [5.74, 6) is 0. The smallest absolute Gasteiger partial charge is 0.0786 e. The predicted molar refractivity (Wildman–Crippen MR) is 262 cm³/mol. The summed E-state index contributed by atoms with van der Waals surface area (Å²) in [6.45, 7) is 0. The van der Waals surface area contributed by atoms with Crippen LogP contribution in [-0.2, 0) is 0 Å². The van der Waals surface area contributed by atoms with Crippen LogP contribution < -0.4 is 0 Å². The zero-order valence-corrected chi connectivity index (χ0v) is 34.0. The van der Waals surface area contributed by atoms with E-state index in [9.17, 15) is 0 Å².